The van der Waals surface area contributed by atoms with E-state index in [2.05, 4.69) is 4.74 Å². The molecule has 76 valence electrons. The molecule has 0 radical (unpaired) electrons. The quantitative estimate of drug-likeness (QED) is 0.629. The minimum atomic E-state index is -0.480. The summed E-state index contributed by atoms with van der Waals surface area (Å²) in [6.07, 6.45) is 1.26. The Kier molecular flexibility index (Phi) is 3.00. The lowest BCUT2D eigenvalue weighted by Gasteiger charge is -2.09. The number of imide groups is 1. The SMILES string of the molecule is O=C(CCSC1BC1)N1CCOC1=O. The molecule has 0 aromatic heterocycles. The van der Waals surface area contributed by atoms with Crippen molar-refractivity contribution in [2.45, 2.75) is 17.9 Å². The van der Waals surface area contributed by atoms with Gasteiger partial charge in [0.15, 0.2) is 0 Å². The number of rotatable bonds is 4. The first kappa shape index (κ1) is 9.89. The smallest absolute Gasteiger partial charge is 0.416 e. The highest BCUT2D eigenvalue weighted by molar-refractivity contribution is 8.02. The molecule has 6 heteroatoms. The van der Waals surface area contributed by atoms with Gasteiger partial charge in [0.1, 0.15) is 13.9 Å². The highest BCUT2D eigenvalue weighted by Gasteiger charge is 2.29. The van der Waals surface area contributed by atoms with Crippen LogP contribution in [0.4, 0.5) is 4.79 Å². The van der Waals surface area contributed by atoms with E-state index in [0.29, 0.717) is 19.6 Å². The van der Waals surface area contributed by atoms with E-state index in [1.165, 1.54) is 18.5 Å². The van der Waals surface area contributed by atoms with Crippen molar-refractivity contribution in [1.29, 1.82) is 0 Å². The summed E-state index contributed by atoms with van der Waals surface area (Å²) >= 11 is 1.83. The summed E-state index contributed by atoms with van der Waals surface area (Å²) in [5.74, 6) is 0.730. The highest BCUT2D eigenvalue weighted by Crippen LogP contribution is 2.27. The van der Waals surface area contributed by atoms with Crippen molar-refractivity contribution in [3.8, 4) is 0 Å². The van der Waals surface area contributed by atoms with Gasteiger partial charge in [-0.2, -0.15) is 11.8 Å². The fourth-order valence-corrected chi connectivity index (χ4v) is 2.40. The van der Waals surface area contributed by atoms with Crippen molar-refractivity contribution in [1.82, 2.24) is 4.90 Å². The molecule has 0 aromatic carbocycles. The largest absolute Gasteiger partial charge is 0.447 e. The molecule has 4 nitrogen and oxygen atoms in total. The Bertz CT molecular complexity index is 257. The van der Waals surface area contributed by atoms with Gasteiger partial charge in [0, 0.05) is 12.2 Å². The number of nitrogens with zero attached hydrogens (tertiary/aromatic N) is 1. The second kappa shape index (κ2) is 4.25. The van der Waals surface area contributed by atoms with Crippen LogP contribution in [0.5, 0.6) is 0 Å². The second-order valence-corrected chi connectivity index (χ2v) is 4.89. The Morgan fingerprint density at radius 3 is 3.07 bits per heavy atom. The third kappa shape index (κ3) is 2.44. The number of thioether (sulfide) groups is 1. The van der Waals surface area contributed by atoms with Crippen molar-refractivity contribution in [2.75, 3.05) is 18.9 Å². The van der Waals surface area contributed by atoms with Crippen LogP contribution in [0, 0.1) is 0 Å². The van der Waals surface area contributed by atoms with Crippen LogP contribution in [0.25, 0.3) is 0 Å². The minimum absolute atomic E-state index is 0.0966. The summed E-state index contributed by atoms with van der Waals surface area (Å²) in [6.45, 7) is 0.770. The van der Waals surface area contributed by atoms with Crippen molar-refractivity contribution in [2.24, 2.45) is 0 Å². The molecule has 2 heterocycles. The first-order chi connectivity index (χ1) is 6.77. The fourth-order valence-electron chi connectivity index (χ4n) is 1.30. The highest BCUT2D eigenvalue weighted by atomic mass is 32.2. The molecule has 0 bridgehead atoms. The monoisotopic (exact) mass is 213 g/mol. The van der Waals surface area contributed by atoms with Gasteiger partial charge >= 0.3 is 6.09 Å². The number of hydrogen-bond donors (Lipinski definition) is 0. The maximum atomic E-state index is 11.5. The summed E-state index contributed by atoms with van der Waals surface area (Å²) < 4.78 is 4.69. The second-order valence-electron chi connectivity index (χ2n) is 3.48. The van der Waals surface area contributed by atoms with Gasteiger partial charge < -0.3 is 4.74 Å². The first-order valence-electron chi connectivity index (χ1n) is 4.86. The third-order valence-electron chi connectivity index (χ3n) is 2.26. The zero-order valence-corrected chi connectivity index (χ0v) is 8.72. The van der Waals surface area contributed by atoms with Crippen LogP contribution in [0.2, 0.25) is 6.32 Å². The third-order valence-corrected chi connectivity index (χ3v) is 3.64. The summed E-state index contributed by atoms with van der Waals surface area (Å²) in [6, 6.07) is 0. The zero-order valence-electron chi connectivity index (χ0n) is 7.90. The number of carbonyl (C=O) groups excluding carboxylic acids is 2. The van der Waals surface area contributed by atoms with Gasteiger partial charge in [0.25, 0.3) is 0 Å². The Labute approximate surface area is 87.6 Å². The van der Waals surface area contributed by atoms with Crippen molar-refractivity contribution in [3.63, 3.8) is 0 Å². The van der Waals surface area contributed by atoms with Gasteiger partial charge in [-0.3, -0.25) is 4.79 Å². The van der Waals surface area contributed by atoms with Gasteiger partial charge in [-0.15, -0.1) is 0 Å². The molecule has 0 spiro atoms. The van der Waals surface area contributed by atoms with Crippen molar-refractivity contribution in [3.05, 3.63) is 0 Å². The standard InChI is InChI=1S/C8H12BNO3S/c11-7(1-4-14-6-5-9-6)10-2-3-13-8(10)12/h6,9H,1-5H2. The van der Waals surface area contributed by atoms with E-state index < -0.39 is 6.09 Å². The molecule has 0 aromatic rings. The average Bonchev–Trinajstić information content (AvgIpc) is 2.87. The first-order valence-corrected chi connectivity index (χ1v) is 5.91. The Balaban J connectivity index is 1.68. The van der Waals surface area contributed by atoms with Crippen molar-refractivity contribution >= 4 is 31.0 Å². The molecule has 0 saturated carbocycles. The molecule has 2 aliphatic rings. The predicted molar refractivity (Wildman–Crippen MR) is 55.9 cm³/mol. The Morgan fingerprint density at radius 2 is 2.50 bits per heavy atom. The van der Waals surface area contributed by atoms with Crippen LogP contribution in [0.3, 0.4) is 0 Å². The lowest BCUT2D eigenvalue weighted by Crippen LogP contribution is -2.31. The molecule has 2 fully saturated rings. The van der Waals surface area contributed by atoms with Crippen LogP contribution in [0.15, 0.2) is 0 Å². The molecule has 2 aliphatic heterocycles. The zero-order chi connectivity index (χ0) is 9.97. The average molecular weight is 213 g/mol. The van der Waals surface area contributed by atoms with Crippen LogP contribution in [-0.2, 0) is 9.53 Å². The lowest BCUT2D eigenvalue weighted by atomic mass is 10.1. The maximum Gasteiger partial charge on any atom is 0.416 e. The topological polar surface area (TPSA) is 46.6 Å². The van der Waals surface area contributed by atoms with Gasteiger partial charge in [0.05, 0.1) is 6.54 Å². The number of hydrogen-bond acceptors (Lipinski definition) is 4. The minimum Gasteiger partial charge on any atom is -0.447 e. The number of carbonyl (C=O) groups is 2. The van der Waals surface area contributed by atoms with Gasteiger partial charge in [-0.1, -0.05) is 6.32 Å². The van der Waals surface area contributed by atoms with Crippen molar-refractivity contribution < 1.29 is 14.3 Å². The van der Waals surface area contributed by atoms with E-state index in [1.54, 1.807) is 0 Å². The number of amides is 2. The van der Waals surface area contributed by atoms with Crippen LogP contribution >= 0.6 is 11.8 Å². The molecule has 2 saturated heterocycles. The fraction of sp³-hybridized carbons (Fsp3) is 0.750. The molecule has 14 heavy (non-hydrogen) atoms. The van der Waals surface area contributed by atoms with E-state index in [1.807, 2.05) is 11.8 Å². The molecule has 0 aliphatic carbocycles. The number of ether oxygens (including phenoxy) is 1. The van der Waals surface area contributed by atoms with Gasteiger partial charge in [-0.05, 0) is 5.15 Å². The molecule has 1 unspecified atom stereocenters. The summed E-state index contributed by atoms with van der Waals surface area (Å²) in [5.41, 5.74) is 0. The molecule has 1 atom stereocenters. The predicted octanol–water partition coefficient (Wildman–Crippen LogP) is 0.283. The Hall–Kier alpha value is -0.645. The molecule has 2 rings (SSSR count). The van der Waals surface area contributed by atoms with E-state index in [0.717, 1.165) is 10.9 Å². The van der Waals surface area contributed by atoms with E-state index in [9.17, 15) is 9.59 Å². The lowest BCUT2D eigenvalue weighted by molar-refractivity contribution is -0.127. The summed E-state index contributed by atoms with van der Waals surface area (Å²) in [4.78, 5) is 23.7. The maximum absolute atomic E-state index is 11.5. The summed E-state index contributed by atoms with van der Waals surface area (Å²) in [5, 5.41) is 0.772. The normalized spacial score (nSPS) is 24.4. The van der Waals surface area contributed by atoms with E-state index in [-0.39, 0.29) is 5.91 Å². The van der Waals surface area contributed by atoms with Crippen LogP contribution in [0.1, 0.15) is 6.42 Å². The molecule has 0 N–H and O–H groups in total. The van der Waals surface area contributed by atoms with E-state index in [4.69, 9.17) is 0 Å². The van der Waals surface area contributed by atoms with Crippen LogP contribution < -0.4 is 0 Å². The van der Waals surface area contributed by atoms with Gasteiger partial charge in [0.2, 0.25) is 5.91 Å². The molecular formula is C8H12BNO3S. The molecule has 2 amide bonds. The summed E-state index contributed by atoms with van der Waals surface area (Å²) in [7, 11) is 1.28. The van der Waals surface area contributed by atoms with Crippen LogP contribution in [-0.4, -0.2) is 48.2 Å². The number of cyclic esters (lactones) is 1. The van der Waals surface area contributed by atoms with E-state index >= 15 is 0 Å². The molecular weight excluding hydrogens is 201 g/mol. The van der Waals surface area contributed by atoms with Gasteiger partial charge in [-0.25, -0.2) is 9.69 Å². The Morgan fingerprint density at radius 1 is 1.71 bits per heavy atom.